The summed E-state index contributed by atoms with van der Waals surface area (Å²) in [4.78, 5) is 48.2. The summed E-state index contributed by atoms with van der Waals surface area (Å²) >= 11 is 0. The molecule has 0 saturated carbocycles. The first-order chi connectivity index (χ1) is 12.5. The van der Waals surface area contributed by atoms with Crippen molar-refractivity contribution in [2.45, 2.75) is 19.4 Å². The predicted octanol–water partition coefficient (Wildman–Crippen LogP) is 1.80. The number of esters is 1. The van der Waals surface area contributed by atoms with Crippen molar-refractivity contribution in [3.8, 4) is 0 Å². The fraction of sp³-hybridized carbons (Fsp3) is 0.158. The van der Waals surface area contributed by atoms with Gasteiger partial charge < -0.3 is 10.5 Å². The van der Waals surface area contributed by atoms with E-state index in [1.165, 1.54) is 12.1 Å². The smallest absolute Gasteiger partial charge is 0.338 e. The maximum Gasteiger partial charge on any atom is 0.338 e. The van der Waals surface area contributed by atoms with Crippen molar-refractivity contribution >= 4 is 29.4 Å². The van der Waals surface area contributed by atoms with Crippen LogP contribution in [0.5, 0.6) is 0 Å². The monoisotopic (exact) mass is 352 g/mol. The number of imide groups is 1. The minimum Gasteiger partial charge on any atom is -0.457 e. The highest BCUT2D eigenvalue weighted by molar-refractivity contribution is 6.20. The molecule has 3 amide bonds. The van der Waals surface area contributed by atoms with Crippen LogP contribution in [0.2, 0.25) is 0 Å². The number of carbonyl (C=O) groups excluding carboxylic acids is 4. The van der Waals surface area contributed by atoms with Gasteiger partial charge in [0.05, 0.1) is 11.3 Å². The number of amides is 3. The molecule has 2 aromatic carbocycles. The molecule has 0 bridgehead atoms. The third-order valence-corrected chi connectivity index (χ3v) is 3.97. The first kappa shape index (κ1) is 17.3. The predicted molar refractivity (Wildman–Crippen MR) is 92.2 cm³/mol. The van der Waals surface area contributed by atoms with Crippen LogP contribution in [-0.2, 0) is 20.9 Å². The number of rotatable bonds is 5. The van der Waals surface area contributed by atoms with Crippen LogP contribution in [0.4, 0.5) is 5.69 Å². The molecule has 2 aromatic rings. The molecular formula is C19H16N2O5. The van der Waals surface area contributed by atoms with Crippen LogP contribution in [0.1, 0.15) is 39.1 Å². The molecule has 1 fully saturated rings. The van der Waals surface area contributed by atoms with Gasteiger partial charge in [-0.1, -0.05) is 18.2 Å². The molecule has 132 valence electrons. The van der Waals surface area contributed by atoms with Gasteiger partial charge in [-0.15, -0.1) is 0 Å². The van der Waals surface area contributed by atoms with Gasteiger partial charge in [0.1, 0.15) is 6.61 Å². The number of benzene rings is 2. The van der Waals surface area contributed by atoms with E-state index < -0.39 is 11.9 Å². The summed E-state index contributed by atoms with van der Waals surface area (Å²) in [5.41, 5.74) is 6.74. The second-order valence-electron chi connectivity index (χ2n) is 5.81. The minimum atomic E-state index is -0.601. The zero-order valence-corrected chi connectivity index (χ0v) is 13.8. The Kier molecular flexibility index (Phi) is 4.79. The van der Waals surface area contributed by atoms with Crippen LogP contribution in [0.15, 0.2) is 48.5 Å². The Hall–Kier alpha value is -3.48. The van der Waals surface area contributed by atoms with Gasteiger partial charge in [-0.05, 0) is 35.9 Å². The number of hydrogen-bond acceptors (Lipinski definition) is 5. The Morgan fingerprint density at radius 3 is 2.31 bits per heavy atom. The van der Waals surface area contributed by atoms with Crippen molar-refractivity contribution < 1.29 is 23.9 Å². The van der Waals surface area contributed by atoms with Crippen LogP contribution in [0.25, 0.3) is 0 Å². The topological polar surface area (TPSA) is 107 Å². The molecule has 0 aliphatic carbocycles. The molecule has 0 spiro atoms. The zero-order valence-electron chi connectivity index (χ0n) is 13.8. The van der Waals surface area contributed by atoms with Crippen molar-refractivity contribution in [2.24, 2.45) is 5.73 Å². The van der Waals surface area contributed by atoms with Crippen LogP contribution in [-0.4, -0.2) is 23.7 Å². The lowest BCUT2D eigenvalue weighted by molar-refractivity contribution is -0.121. The Morgan fingerprint density at radius 2 is 1.62 bits per heavy atom. The fourth-order valence-electron chi connectivity index (χ4n) is 2.68. The molecule has 1 saturated heterocycles. The Labute approximate surface area is 149 Å². The molecule has 2 N–H and O–H groups in total. The summed E-state index contributed by atoms with van der Waals surface area (Å²) in [7, 11) is 0. The number of carbonyl (C=O) groups is 4. The molecule has 0 atom stereocenters. The van der Waals surface area contributed by atoms with E-state index >= 15 is 0 Å². The summed E-state index contributed by atoms with van der Waals surface area (Å²) < 4.78 is 5.24. The van der Waals surface area contributed by atoms with Crippen LogP contribution in [0, 0.1) is 0 Å². The summed E-state index contributed by atoms with van der Waals surface area (Å²) in [5.74, 6) is -1.74. The molecule has 7 heteroatoms. The SMILES string of the molecule is NC(=O)c1cccc(COC(=O)c2cccc(N3C(=O)CCC3=O)c2)c1. The maximum absolute atomic E-state index is 12.3. The fourth-order valence-corrected chi connectivity index (χ4v) is 2.68. The first-order valence-electron chi connectivity index (χ1n) is 7.97. The molecule has 1 aliphatic rings. The van der Waals surface area contributed by atoms with Gasteiger partial charge in [-0.25, -0.2) is 4.79 Å². The highest BCUT2D eigenvalue weighted by Crippen LogP contribution is 2.23. The van der Waals surface area contributed by atoms with E-state index in [-0.39, 0.29) is 36.8 Å². The Balaban J connectivity index is 1.71. The summed E-state index contributed by atoms with van der Waals surface area (Å²) in [6, 6.07) is 12.6. The average Bonchev–Trinajstić information content (AvgIpc) is 2.98. The molecule has 26 heavy (non-hydrogen) atoms. The van der Waals surface area contributed by atoms with Crippen LogP contribution in [0.3, 0.4) is 0 Å². The van der Waals surface area contributed by atoms with Gasteiger partial charge in [0.2, 0.25) is 17.7 Å². The van der Waals surface area contributed by atoms with Gasteiger partial charge in [0.25, 0.3) is 0 Å². The second kappa shape index (κ2) is 7.18. The van der Waals surface area contributed by atoms with Crippen LogP contribution < -0.4 is 10.6 Å². The van der Waals surface area contributed by atoms with Crippen molar-refractivity contribution in [1.29, 1.82) is 0 Å². The number of anilines is 1. The first-order valence-corrected chi connectivity index (χ1v) is 7.97. The summed E-state index contributed by atoms with van der Waals surface area (Å²) in [5, 5.41) is 0. The molecule has 1 aliphatic heterocycles. The van der Waals surface area contributed by atoms with Gasteiger partial charge >= 0.3 is 5.97 Å². The molecule has 7 nitrogen and oxygen atoms in total. The third kappa shape index (κ3) is 3.61. The van der Waals surface area contributed by atoms with E-state index in [0.717, 1.165) is 4.90 Å². The largest absolute Gasteiger partial charge is 0.457 e. The van der Waals surface area contributed by atoms with Crippen LogP contribution >= 0.6 is 0 Å². The Morgan fingerprint density at radius 1 is 0.962 bits per heavy atom. The van der Waals surface area contributed by atoms with Crippen molar-refractivity contribution in [3.05, 3.63) is 65.2 Å². The molecular weight excluding hydrogens is 336 g/mol. The van der Waals surface area contributed by atoms with E-state index in [2.05, 4.69) is 0 Å². The number of hydrogen-bond donors (Lipinski definition) is 1. The molecule has 0 unspecified atom stereocenters. The zero-order chi connectivity index (χ0) is 18.7. The van der Waals surface area contributed by atoms with E-state index in [1.54, 1.807) is 36.4 Å². The molecule has 0 radical (unpaired) electrons. The standard InChI is InChI=1S/C19H16N2O5/c20-18(24)13-4-1-3-12(9-13)11-26-19(25)14-5-2-6-15(10-14)21-16(22)7-8-17(21)23/h1-6,9-10H,7-8,11H2,(H2,20,24). The molecule has 3 rings (SSSR count). The number of primary amides is 1. The van der Waals surface area contributed by atoms with E-state index in [4.69, 9.17) is 10.5 Å². The normalized spacial score (nSPS) is 13.8. The lowest BCUT2D eigenvalue weighted by atomic mass is 10.1. The average molecular weight is 352 g/mol. The van der Waals surface area contributed by atoms with E-state index in [1.807, 2.05) is 0 Å². The van der Waals surface area contributed by atoms with Gasteiger partial charge in [0, 0.05) is 18.4 Å². The minimum absolute atomic E-state index is 0.0360. The number of ether oxygens (including phenoxy) is 1. The van der Waals surface area contributed by atoms with Crippen molar-refractivity contribution in [3.63, 3.8) is 0 Å². The lowest BCUT2D eigenvalue weighted by Gasteiger charge is -2.14. The second-order valence-corrected chi connectivity index (χ2v) is 5.81. The van der Waals surface area contributed by atoms with Gasteiger partial charge in [-0.2, -0.15) is 0 Å². The van der Waals surface area contributed by atoms with E-state index in [0.29, 0.717) is 16.8 Å². The summed E-state index contributed by atoms with van der Waals surface area (Å²) in [6.45, 7) is -0.0360. The van der Waals surface area contributed by atoms with Crippen molar-refractivity contribution in [1.82, 2.24) is 0 Å². The highest BCUT2D eigenvalue weighted by atomic mass is 16.5. The lowest BCUT2D eigenvalue weighted by Crippen LogP contribution is -2.28. The van der Waals surface area contributed by atoms with Gasteiger partial charge in [0.15, 0.2) is 0 Å². The molecule has 0 aromatic heterocycles. The quantitative estimate of drug-likeness (QED) is 0.652. The highest BCUT2D eigenvalue weighted by Gasteiger charge is 2.30. The maximum atomic E-state index is 12.3. The van der Waals surface area contributed by atoms with Gasteiger partial charge in [-0.3, -0.25) is 19.3 Å². The van der Waals surface area contributed by atoms with Crippen molar-refractivity contribution in [2.75, 3.05) is 4.90 Å². The number of nitrogens with zero attached hydrogens (tertiary/aromatic N) is 1. The third-order valence-electron chi connectivity index (χ3n) is 3.97. The summed E-state index contributed by atoms with van der Waals surface area (Å²) in [6.07, 6.45) is 0.341. The molecule has 1 heterocycles. The number of nitrogens with two attached hydrogens (primary N) is 1. The Bertz CT molecular complexity index is 890. The van der Waals surface area contributed by atoms with E-state index in [9.17, 15) is 19.2 Å².